The van der Waals surface area contributed by atoms with Crippen molar-refractivity contribution in [2.45, 2.75) is 39.2 Å². The van der Waals surface area contributed by atoms with Crippen molar-refractivity contribution in [2.24, 2.45) is 5.92 Å². The highest BCUT2D eigenvalue weighted by molar-refractivity contribution is 5.76. The number of rotatable bonds is 6. The summed E-state index contributed by atoms with van der Waals surface area (Å²) in [6, 6.07) is 0. The van der Waals surface area contributed by atoms with Gasteiger partial charge in [-0.15, -0.1) is 0 Å². The Hall–Kier alpha value is -0.610. The van der Waals surface area contributed by atoms with Gasteiger partial charge in [0.2, 0.25) is 5.91 Å². The summed E-state index contributed by atoms with van der Waals surface area (Å²) in [5, 5.41) is 9.15. The summed E-state index contributed by atoms with van der Waals surface area (Å²) in [6.07, 6.45) is 1.66. The Balaban J connectivity index is 2.30. The maximum atomic E-state index is 11.8. The summed E-state index contributed by atoms with van der Waals surface area (Å²) in [4.78, 5) is 13.7. The number of ether oxygens (including phenoxy) is 1. The number of carbonyl (C=O) groups excluding carboxylic acids is 1. The molecular weight excluding hydrogens is 206 g/mol. The second-order valence-corrected chi connectivity index (χ2v) is 4.55. The van der Waals surface area contributed by atoms with Crippen molar-refractivity contribution in [1.82, 2.24) is 4.90 Å². The van der Waals surface area contributed by atoms with Gasteiger partial charge in [0, 0.05) is 32.0 Å². The Morgan fingerprint density at radius 1 is 1.62 bits per heavy atom. The van der Waals surface area contributed by atoms with Crippen LogP contribution in [0.25, 0.3) is 0 Å². The third-order valence-electron chi connectivity index (χ3n) is 3.01. The van der Waals surface area contributed by atoms with E-state index in [9.17, 15) is 4.79 Å². The Kier molecular flexibility index (Phi) is 5.77. The first-order valence-electron chi connectivity index (χ1n) is 6.17. The highest BCUT2D eigenvalue weighted by Crippen LogP contribution is 2.14. The molecule has 0 aliphatic carbocycles. The number of hydrogen-bond donors (Lipinski definition) is 1. The highest BCUT2D eigenvalue weighted by atomic mass is 16.5. The molecule has 4 nitrogen and oxygen atoms in total. The average Bonchev–Trinajstić information content (AvgIpc) is 2.75. The van der Waals surface area contributed by atoms with Crippen molar-refractivity contribution in [1.29, 1.82) is 0 Å². The lowest BCUT2D eigenvalue weighted by molar-refractivity contribution is -0.132. The molecule has 2 atom stereocenters. The molecule has 0 aromatic heterocycles. The van der Waals surface area contributed by atoms with Gasteiger partial charge in [0.15, 0.2) is 0 Å². The topological polar surface area (TPSA) is 49.8 Å². The van der Waals surface area contributed by atoms with Crippen LogP contribution in [-0.4, -0.2) is 48.3 Å². The first-order valence-corrected chi connectivity index (χ1v) is 6.17. The monoisotopic (exact) mass is 229 g/mol. The van der Waals surface area contributed by atoms with E-state index >= 15 is 0 Å². The van der Waals surface area contributed by atoms with Gasteiger partial charge in [-0.25, -0.2) is 0 Å². The third-order valence-corrected chi connectivity index (χ3v) is 3.01. The van der Waals surface area contributed by atoms with Crippen LogP contribution in [0.5, 0.6) is 0 Å². The second-order valence-electron chi connectivity index (χ2n) is 4.55. The molecule has 0 spiro atoms. The standard InChI is InChI=1S/C12H23NO3/c1-3-13(8-11-6-7-16-9-11)12(15)5-4-10(2)14/h10-11,14H,3-9H2,1-2H3. The molecule has 1 N–H and O–H groups in total. The van der Waals surface area contributed by atoms with Crippen LogP contribution in [0.1, 0.15) is 33.1 Å². The molecular formula is C12H23NO3. The first kappa shape index (κ1) is 13.5. The van der Waals surface area contributed by atoms with Gasteiger partial charge in [0.1, 0.15) is 0 Å². The van der Waals surface area contributed by atoms with E-state index < -0.39 is 6.10 Å². The Morgan fingerprint density at radius 3 is 2.88 bits per heavy atom. The molecule has 2 unspecified atom stereocenters. The van der Waals surface area contributed by atoms with E-state index in [1.54, 1.807) is 6.92 Å². The minimum Gasteiger partial charge on any atom is -0.393 e. The van der Waals surface area contributed by atoms with Gasteiger partial charge < -0.3 is 14.7 Å². The SMILES string of the molecule is CCN(CC1CCOC1)C(=O)CCC(C)O. The zero-order valence-electron chi connectivity index (χ0n) is 10.3. The quantitative estimate of drug-likeness (QED) is 0.740. The molecule has 0 aromatic rings. The maximum Gasteiger partial charge on any atom is 0.222 e. The zero-order chi connectivity index (χ0) is 12.0. The molecule has 16 heavy (non-hydrogen) atoms. The molecule has 1 heterocycles. The van der Waals surface area contributed by atoms with Crippen LogP contribution in [0.2, 0.25) is 0 Å². The Bertz CT molecular complexity index is 212. The fraction of sp³-hybridized carbons (Fsp3) is 0.917. The summed E-state index contributed by atoms with van der Waals surface area (Å²) in [5.41, 5.74) is 0. The maximum absolute atomic E-state index is 11.8. The lowest BCUT2D eigenvalue weighted by Crippen LogP contribution is -2.35. The average molecular weight is 229 g/mol. The predicted molar refractivity (Wildman–Crippen MR) is 62.1 cm³/mol. The van der Waals surface area contributed by atoms with Gasteiger partial charge in [0.05, 0.1) is 12.7 Å². The van der Waals surface area contributed by atoms with E-state index in [-0.39, 0.29) is 5.91 Å². The minimum atomic E-state index is -0.391. The van der Waals surface area contributed by atoms with E-state index in [4.69, 9.17) is 9.84 Å². The molecule has 94 valence electrons. The normalized spacial score (nSPS) is 22.1. The van der Waals surface area contributed by atoms with Crippen molar-refractivity contribution in [3.8, 4) is 0 Å². The molecule has 1 aliphatic rings. The van der Waals surface area contributed by atoms with Gasteiger partial charge >= 0.3 is 0 Å². The molecule has 0 aromatic carbocycles. The number of nitrogens with zero attached hydrogens (tertiary/aromatic N) is 1. The number of hydrogen-bond acceptors (Lipinski definition) is 3. The van der Waals surface area contributed by atoms with Crippen molar-refractivity contribution in [3.05, 3.63) is 0 Å². The van der Waals surface area contributed by atoms with Crippen molar-refractivity contribution in [3.63, 3.8) is 0 Å². The molecule has 1 saturated heterocycles. The molecule has 1 rings (SSSR count). The molecule has 1 amide bonds. The third kappa shape index (κ3) is 4.49. The summed E-state index contributed by atoms with van der Waals surface area (Å²) >= 11 is 0. The summed E-state index contributed by atoms with van der Waals surface area (Å²) in [6.45, 7) is 6.86. The van der Waals surface area contributed by atoms with Crippen LogP contribution >= 0.6 is 0 Å². The molecule has 0 radical (unpaired) electrons. The first-order chi connectivity index (χ1) is 7.63. The van der Waals surface area contributed by atoms with Crippen molar-refractivity contribution in [2.75, 3.05) is 26.3 Å². The molecule has 4 heteroatoms. The van der Waals surface area contributed by atoms with Crippen LogP contribution in [0.15, 0.2) is 0 Å². The number of carbonyl (C=O) groups is 1. The lowest BCUT2D eigenvalue weighted by Gasteiger charge is -2.24. The Morgan fingerprint density at radius 2 is 2.38 bits per heavy atom. The fourth-order valence-electron chi connectivity index (χ4n) is 1.94. The predicted octanol–water partition coefficient (Wildman–Crippen LogP) is 1.03. The fourth-order valence-corrected chi connectivity index (χ4v) is 1.94. The van der Waals surface area contributed by atoms with Crippen molar-refractivity contribution < 1.29 is 14.6 Å². The minimum absolute atomic E-state index is 0.148. The van der Waals surface area contributed by atoms with E-state index in [0.29, 0.717) is 18.8 Å². The molecule has 0 bridgehead atoms. The molecule has 1 aliphatic heterocycles. The summed E-state index contributed by atoms with van der Waals surface area (Å²) in [7, 11) is 0. The van der Waals surface area contributed by atoms with E-state index in [2.05, 4.69) is 0 Å². The smallest absolute Gasteiger partial charge is 0.222 e. The van der Waals surface area contributed by atoms with Gasteiger partial charge in [-0.3, -0.25) is 4.79 Å². The van der Waals surface area contributed by atoms with Crippen LogP contribution in [-0.2, 0) is 9.53 Å². The lowest BCUT2D eigenvalue weighted by atomic mass is 10.1. The highest BCUT2D eigenvalue weighted by Gasteiger charge is 2.21. The Labute approximate surface area is 97.6 Å². The van der Waals surface area contributed by atoms with E-state index in [1.165, 1.54) is 0 Å². The van der Waals surface area contributed by atoms with E-state index in [0.717, 1.165) is 32.7 Å². The zero-order valence-corrected chi connectivity index (χ0v) is 10.3. The van der Waals surface area contributed by atoms with Crippen LogP contribution in [0.4, 0.5) is 0 Å². The largest absolute Gasteiger partial charge is 0.393 e. The van der Waals surface area contributed by atoms with Crippen LogP contribution < -0.4 is 0 Å². The van der Waals surface area contributed by atoms with Crippen LogP contribution in [0.3, 0.4) is 0 Å². The summed E-state index contributed by atoms with van der Waals surface area (Å²) < 4.78 is 5.30. The second kappa shape index (κ2) is 6.86. The molecule has 1 fully saturated rings. The van der Waals surface area contributed by atoms with Gasteiger partial charge in [-0.05, 0) is 26.7 Å². The summed E-state index contributed by atoms with van der Waals surface area (Å²) in [5.74, 6) is 0.644. The van der Waals surface area contributed by atoms with E-state index in [1.807, 2.05) is 11.8 Å². The number of aliphatic hydroxyl groups excluding tert-OH is 1. The van der Waals surface area contributed by atoms with Gasteiger partial charge in [-0.1, -0.05) is 0 Å². The van der Waals surface area contributed by atoms with Gasteiger partial charge in [-0.2, -0.15) is 0 Å². The number of aliphatic hydroxyl groups is 1. The van der Waals surface area contributed by atoms with Crippen LogP contribution in [0, 0.1) is 5.92 Å². The number of amides is 1. The van der Waals surface area contributed by atoms with Crippen molar-refractivity contribution >= 4 is 5.91 Å². The molecule has 0 saturated carbocycles. The van der Waals surface area contributed by atoms with Gasteiger partial charge in [0.25, 0.3) is 0 Å².